The molecule has 0 radical (unpaired) electrons. The number of nitrogens with one attached hydrogen (secondary N) is 2. The molecule has 0 saturated heterocycles. The molecule has 10 nitrogen and oxygen atoms in total. The summed E-state index contributed by atoms with van der Waals surface area (Å²) in [5, 5.41) is 17.1. The van der Waals surface area contributed by atoms with Crippen LogP contribution in [0.3, 0.4) is 0 Å². The van der Waals surface area contributed by atoms with Crippen LogP contribution in [-0.4, -0.2) is 36.2 Å². The van der Waals surface area contributed by atoms with E-state index in [1.165, 1.54) is 6.07 Å². The number of hydrogen-bond acceptors (Lipinski definition) is 8. The Kier molecular flexibility index (Phi) is 6.18. The Labute approximate surface area is 215 Å². The van der Waals surface area contributed by atoms with E-state index in [0.717, 1.165) is 16.8 Å². The van der Waals surface area contributed by atoms with E-state index < -0.39 is 12.0 Å². The van der Waals surface area contributed by atoms with Crippen molar-refractivity contribution in [1.82, 2.24) is 25.1 Å². The summed E-state index contributed by atoms with van der Waals surface area (Å²) >= 11 is 5.89. The SMILES string of the molecule is Cc1cc([C@@H](C)Nc2ccc(Cl)nc2C(=O)O)c2nc(-c3ccc(-c4cc(C)no4)cn3)[nH]c(=O)c2c1. The Morgan fingerprint density at radius 3 is 2.62 bits per heavy atom. The van der Waals surface area contributed by atoms with Gasteiger partial charge in [0.2, 0.25) is 0 Å². The number of aromatic carboxylic acids is 1. The van der Waals surface area contributed by atoms with Gasteiger partial charge >= 0.3 is 5.97 Å². The Morgan fingerprint density at radius 1 is 1.14 bits per heavy atom. The van der Waals surface area contributed by atoms with Gasteiger partial charge in [0.25, 0.3) is 5.56 Å². The van der Waals surface area contributed by atoms with Crippen LogP contribution in [0.5, 0.6) is 0 Å². The van der Waals surface area contributed by atoms with Crippen LogP contribution in [0.15, 0.2) is 58.0 Å². The maximum atomic E-state index is 13.1. The highest BCUT2D eigenvalue weighted by molar-refractivity contribution is 6.29. The minimum Gasteiger partial charge on any atom is -0.476 e. The summed E-state index contributed by atoms with van der Waals surface area (Å²) in [6.45, 7) is 5.56. The number of nitrogens with zero attached hydrogens (tertiary/aromatic N) is 4. The summed E-state index contributed by atoms with van der Waals surface area (Å²) in [6, 6.07) is 11.7. The van der Waals surface area contributed by atoms with Gasteiger partial charge in [-0.15, -0.1) is 0 Å². The van der Waals surface area contributed by atoms with Gasteiger partial charge in [0.15, 0.2) is 17.3 Å². The monoisotopic (exact) mass is 516 g/mol. The number of halogens is 1. The van der Waals surface area contributed by atoms with Gasteiger partial charge in [-0.2, -0.15) is 0 Å². The maximum Gasteiger partial charge on any atom is 0.356 e. The van der Waals surface area contributed by atoms with Crippen LogP contribution in [0.25, 0.3) is 33.7 Å². The molecule has 186 valence electrons. The zero-order valence-electron chi connectivity index (χ0n) is 20.0. The number of benzene rings is 1. The Hall–Kier alpha value is -4.57. The van der Waals surface area contributed by atoms with Crippen LogP contribution in [0.2, 0.25) is 5.15 Å². The first kappa shape index (κ1) is 24.1. The molecule has 37 heavy (non-hydrogen) atoms. The Balaban J connectivity index is 1.56. The molecule has 0 unspecified atom stereocenters. The molecule has 4 aromatic heterocycles. The molecule has 0 saturated carbocycles. The zero-order valence-corrected chi connectivity index (χ0v) is 20.8. The van der Waals surface area contributed by atoms with Gasteiger partial charge in [0, 0.05) is 23.4 Å². The maximum absolute atomic E-state index is 13.1. The number of carboxylic acids is 1. The lowest BCUT2D eigenvalue weighted by Gasteiger charge is -2.19. The van der Waals surface area contributed by atoms with Crippen LogP contribution in [-0.2, 0) is 0 Å². The summed E-state index contributed by atoms with van der Waals surface area (Å²) in [5.41, 5.74) is 3.80. The number of fused-ring (bicyclic) bond motifs is 1. The molecule has 0 amide bonds. The van der Waals surface area contributed by atoms with Crippen molar-refractivity contribution in [2.24, 2.45) is 0 Å². The van der Waals surface area contributed by atoms with E-state index >= 15 is 0 Å². The van der Waals surface area contributed by atoms with Crippen LogP contribution in [0.1, 0.15) is 40.3 Å². The molecule has 0 aliphatic carbocycles. The lowest BCUT2D eigenvalue weighted by Crippen LogP contribution is -2.16. The van der Waals surface area contributed by atoms with E-state index in [1.54, 1.807) is 24.4 Å². The summed E-state index contributed by atoms with van der Waals surface area (Å²) in [5.74, 6) is -0.320. The molecule has 0 spiro atoms. The van der Waals surface area contributed by atoms with Crippen LogP contribution in [0, 0.1) is 13.8 Å². The quantitative estimate of drug-likeness (QED) is 0.260. The van der Waals surface area contributed by atoms with Crippen molar-refractivity contribution in [3.63, 3.8) is 0 Å². The van der Waals surface area contributed by atoms with Crippen molar-refractivity contribution in [1.29, 1.82) is 0 Å². The van der Waals surface area contributed by atoms with Crippen molar-refractivity contribution < 1.29 is 14.4 Å². The van der Waals surface area contributed by atoms with Crippen LogP contribution in [0.4, 0.5) is 5.69 Å². The van der Waals surface area contributed by atoms with E-state index in [1.807, 2.05) is 39.0 Å². The predicted molar refractivity (Wildman–Crippen MR) is 139 cm³/mol. The first-order valence-electron chi connectivity index (χ1n) is 11.3. The number of carbonyl (C=O) groups is 1. The van der Waals surface area contributed by atoms with Crippen molar-refractivity contribution in [3.8, 4) is 22.8 Å². The van der Waals surface area contributed by atoms with E-state index in [9.17, 15) is 14.7 Å². The molecule has 1 aromatic carbocycles. The Morgan fingerprint density at radius 2 is 1.95 bits per heavy atom. The van der Waals surface area contributed by atoms with Gasteiger partial charge in [-0.3, -0.25) is 9.78 Å². The smallest absolute Gasteiger partial charge is 0.356 e. The molecule has 0 aliphatic rings. The number of aromatic nitrogens is 5. The number of aryl methyl sites for hydroxylation is 2. The number of H-pyrrole nitrogens is 1. The highest BCUT2D eigenvalue weighted by atomic mass is 35.5. The second-order valence-corrected chi connectivity index (χ2v) is 9.02. The van der Waals surface area contributed by atoms with Gasteiger partial charge in [0.05, 0.1) is 28.3 Å². The van der Waals surface area contributed by atoms with Crippen molar-refractivity contribution in [2.75, 3.05) is 5.32 Å². The van der Waals surface area contributed by atoms with E-state index in [-0.39, 0.29) is 16.4 Å². The molecule has 5 aromatic rings. The highest BCUT2D eigenvalue weighted by Gasteiger charge is 2.19. The fourth-order valence-corrected chi connectivity index (χ4v) is 4.22. The lowest BCUT2D eigenvalue weighted by atomic mass is 10.0. The standard InChI is InChI=1S/C26H21ClN6O4/c1-12-8-16(14(3)29-18-6-7-21(27)30-23(18)26(35)36)22-17(9-12)25(34)32-24(31-22)19-5-4-15(11-28-19)20-10-13(2)33-37-20/h4-11,14,29H,1-3H3,(H,35,36)(H,31,32,34)/t14-/m1/s1. The summed E-state index contributed by atoms with van der Waals surface area (Å²) in [6.07, 6.45) is 1.63. The molecule has 0 bridgehead atoms. The van der Waals surface area contributed by atoms with Crippen molar-refractivity contribution >= 4 is 34.2 Å². The predicted octanol–water partition coefficient (Wildman–Crippen LogP) is 5.18. The number of hydrogen-bond donors (Lipinski definition) is 3. The summed E-state index contributed by atoms with van der Waals surface area (Å²) in [4.78, 5) is 40.7. The van der Waals surface area contributed by atoms with E-state index in [4.69, 9.17) is 21.1 Å². The molecule has 3 N–H and O–H groups in total. The minimum absolute atomic E-state index is 0.0754. The molecule has 11 heteroatoms. The molecule has 0 fully saturated rings. The average molecular weight is 517 g/mol. The summed E-state index contributed by atoms with van der Waals surface area (Å²) in [7, 11) is 0. The second kappa shape index (κ2) is 9.47. The molecule has 0 aliphatic heterocycles. The number of anilines is 1. The second-order valence-electron chi connectivity index (χ2n) is 8.63. The molecule has 4 heterocycles. The van der Waals surface area contributed by atoms with Gasteiger partial charge in [0.1, 0.15) is 10.8 Å². The third-order valence-electron chi connectivity index (χ3n) is 5.80. The summed E-state index contributed by atoms with van der Waals surface area (Å²) < 4.78 is 5.29. The van der Waals surface area contributed by atoms with E-state index in [2.05, 4.69) is 25.4 Å². The third-order valence-corrected chi connectivity index (χ3v) is 6.02. The average Bonchev–Trinajstić information content (AvgIpc) is 3.31. The fraction of sp³-hybridized carbons (Fsp3) is 0.154. The first-order chi connectivity index (χ1) is 17.7. The zero-order chi connectivity index (χ0) is 26.3. The number of carboxylic acid groups (broad SMARTS) is 1. The normalized spacial score (nSPS) is 12.0. The van der Waals surface area contributed by atoms with E-state index in [0.29, 0.717) is 39.4 Å². The van der Waals surface area contributed by atoms with Gasteiger partial charge in [-0.25, -0.2) is 14.8 Å². The van der Waals surface area contributed by atoms with Crippen molar-refractivity contribution in [3.05, 3.63) is 86.7 Å². The number of rotatable bonds is 6. The first-order valence-corrected chi connectivity index (χ1v) is 11.7. The molecule has 1 atom stereocenters. The van der Waals surface area contributed by atoms with Gasteiger partial charge in [-0.1, -0.05) is 22.8 Å². The number of aromatic amines is 1. The Bertz CT molecular complexity index is 1710. The fourth-order valence-electron chi connectivity index (χ4n) is 4.08. The number of pyridine rings is 2. The largest absolute Gasteiger partial charge is 0.476 e. The molecular weight excluding hydrogens is 496 g/mol. The van der Waals surface area contributed by atoms with Crippen LogP contribution >= 0.6 is 11.6 Å². The molecule has 5 rings (SSSR count). The third kappa shape index (κ3) is 4.78. The molecular formula is C26H21ClN6O4. The lowest BCUT2D eigenvalue weighted by molar-refractivity contribution is 0.0691. The minimum atomic E-state index is -1.21. The van der Waals surface area contributed by atoms with Gasteiger partial charge in [-0.05, 0) is 56.7 Å². The highest BCUT2D eigenvalue weighted by Crippen LogP contribution is 2.29. The topological polar surface area (TPSA) is 147 Å². The van der Waals surface area contributed by atoms with Crippen LogP contribution < -0.4 is 10.9 Å². The van der Waals surface area contributed by atoms with Gasteiger partial charge < -0.3 is 19.9 Å². The van der Waals surface area contributed by atoms with Crippen molar-refractivity contribution in [2.45, 2.75) is 26.8 Å².